The SMILES string of the molecule is CC(C)C(=O)N1CCC(NC(=O)c2ccc3c4c(cccc24)CC3)CC1. The van der Waals surface area contributed by atoms with Crippen LogP contribution in [0.5, 0.6) is 0 Å². The van der Waals surface area contributed by atoms with E-state index in [2.05, 4.69) is 29.6 Å². The first kappa shape index (κ1) is 17.1. The second-order valence-electron chi connectivity index (χ2n) is 7.84. The average Bonchev–Trinajstić information content (AvgIpc) is 3.07. The van der Waals surface area contributed by atoms with Gasteiger partial charge < -0.3 is 10.2 Å². The summed E-state index contributed by atoms with van der Waals surface area (Å²) >= 11 is 0. The highest BCUT2D eigenvalue weighted by atomic mass is 16.2. The number of carbonyl (C=O) groups excluding carboxylic acids is 2. The van der Waals surface area contributed by atoms with Gasteiger partial charge in [0, 0.05) is 30.6 Å². The lowest BCUT2D eigenvalue weighted by Gasteiger charge is -2.33. The summed E-state index contributed by atoms with van der Waals surface area (Å²) in [5.74, 6) is 0.256. The third kappa shape index (κ3) is 2.98. The third-order valence-corrected chi connectivity index (χ3v) is 5.76. The van der Waals surface area contributed by atoms with E-state index in [-0.39, 0.29) is 23.8 Å². The first-order chi connectivity index (χ1) is 12.5. The van der Waals surface area contributed by atoms with Gasteiger partial charge in [-0.2, -0.15) is 0 Å². The van der Waals surface area contributed by atoms with Crippen LogP contribution in [0, 0.1) is 5.92 Å². The molecule has 0 saturated carbocycles. The highest BCUT2D eigenvalue weighted by Crippen LogP contribution is 2.32. The van der Waals surface area contributed by atoms with Gasteiger partial charge in [-0.1, -0.05) is 38.1 Å². The second-order valence-corrected chi connectivity index (χ2v) is 7.84. The molecule has 1 N–H and O–H groups in total. The van der Waals surface area contributed by atoms with Crippen molar-refractivity contribution in [1.82, 2.24) is 10.2 Å². The number of amides is 2. The van der Waals surface area contributed by atoms with Crippen molar-refractivity contribution in [3.63, 3.8) is 0 Å². The van der Waals surface area contributed by atoms with Crippen LogP contribution in [0.4, 0.5) is 0 Å². The molecule has 4 nitrogen and oxygen atoms in total. The van der Waals surface area contributed by atoms with Gasteiger partial charge in [0.25, 0.3) is 5.91 Å². The number of hydrogen-bond donors (Lipinski definition) is 1. The lowest BCUT2D eigenvalue weighted by molar-refractivity contribution is -0.135. The molecule has 1 aliphatic carbocycles. The molecule has 0 spiro atoms. The van der Waals surface area contributed by atoms with Crippen LogP contribution in [0.15, 0.2) is 30.3 Å². The summed E-state index contributed by atoms with van der Waals surface area (Å²) < 4.78 is 0. The number of nitrogens with zero attached hydrogens (tertiary/aromatic N) is 1. The molecule has 0 atom stereocenters. The summed E-state index contributed by atoms with van der Waals surface area (Å²) in [7, 11) is 0. The van der Waals surface area contributed by atoms with Crippen LogP contribution >= 0.6 is 0 Å². The highest BCUT2D eigenvalue weighted by molar-refractivity contribution is 6.09. The Morgan fingerprint density at radius 3 is 2.42 bits per heavy atom. The van der Waals surface area contributed by atoms with Crippen LogP contribution in [0.25, 0.3) is 10.8 Å². The lowest BCUT2D eigenvalue weighted by Crippen LogP contribution is -2.47. The molecule has 26 heavy (non-hydrogen) atoms. The summed E-state index contributed by atoms with van der Waals surface area (Å²) in [4.78, 5) is 26.9. The van der Waals surface area contributed by atoms with E-state index in [4.69, 9.17) is 0 Å². The molecule has 1 saturated heterocycles. The number of nitrogens with one attached hydrogen (secondary N) is 1. The Balaban J connectivity index is 1.47. The fraction of sp³-hybridized carbons (Fsp3) is 0.455. The van der Waals surface area contributed by atoms with E-state index < -0.39 is 0 Å². The number of hydrogen-bond acceptors (Lipinski definition) is 2. The van der Waals surface area contributed by atoms with Crippen LogP contribution in [0.2, 0.25) is 0 Å². The quantitative estimate of drug-likeness (QED) is 0.923. The Hall–Kier alpha value is -2.36. The van der Waals surface area contributed by atoms with Gasteiger partial charge in [-0.05, 0) is 53.6 Å². The maximum Gasteiger partial charge on any atom is 0.252 e. The van der Waals surface area contributed by atoms with E-state index in [1.165, 1.54) is 16.5 Å². The van der Waals surface area contributed by atoms with Crippen molar-refractivity contribution in [2.45, 2.75) is 45.6 Å². The van der Waals surface area contributed by atoms with E-state index in [0.717, 1.165) is 49.7 Å². The number of carbonyl (C=O) groups is 2. The lowest BCUT2D eigenvalue weighted by atomic mass is 9.98. The Morgan fingerprint density at radius 2 is 1.73 bits per heavy atom. The molecular weight excluding hydrogens is 324 g/mol. The fourth-order valence-corrected chi connectivity index (χ4v) is 4.32. The van der Waals surface area contributed by atoms with Crippen molar-refractivity contribution in [2.75, 3.05) is 13.1 Å². The minimum absolute atomic E-state index is 0.00855. The molecule has 2 amide bonds. The van der Waals surface area contributed by atoms with Crippen molar-refractivity contribution >= 4 is 22.6 Å². The molecule has 2 aromatic carbocycles. The molecule has 2 aliphatic rings. The van der Waals surface area contributed by atoms with Gasteiger partial charge in [0.05, 0.1) is 0 Å². The van der Waals surface area contributed by atoms with Crippen LogP contribution in [-0.4, -0.2) is 35.8 Å². The normalized spacial score (nSPS) is 17.1. The van der Waals surface area contributed by atoms with E-state index in [1.54, 1.807) is 0 Å². The van der Waals surface area contributed by atoms with Gasteiger partial charge in [-0.3, -0.25) is 9.59 Å². The fourth-order valence-electron chi connectivity index (χ4n) is 4.32. The van der Waals surface area contributed by atoms with Gasteiger partial charge in [0.1, 0.15) is 0 Å². The topological polar surface area (TPSA) is 49.4 Å². The Kier molecular flexibility index (Phi) is 4.43. The summed E-state index contributed by atoms with van der Waals surface area (Å²) in [6, 6.07) is 10.5. The van der Waals surface area contributed by atoms with Gasteiger partial charge in [-0.25, -0.2) is 0 Å². The molecule has 1 aliphatic heterocycles. The van der Waals surface area contributed by atoms with Gasteiger partial charge in [0.2, 0.25) is 5.91 Å². The average molecular weight is 350 g/mol. The molecule has 4 rings (SSSR count). The molecule has 1 fully saturated rings. The predicted octanol–water partition coefficient (Wildman–Crippen LogP) is 3.32. The zero-order valence-electron chi connectivity index (χ0n) is 15.5. The van der Waals surface area contributed by atoms with Gasteiger partial charge >= 0.3 is 0 Å². The van der Waals surface area contributed by atoms with E-state index in [9.17, 15) is 9.59 Å². The van der Waals surface area contributed by atoms with Crippen molar-refractivity contribution < 1.29 is 9.59 Å². The monoisotopic (exact) mass is 350 g/mol. The molecule has 1 heterocycles. The zero-order valence-corrected chi connectivity index (χ0v) is 15.5. The van der Waals surface area contributed by atoms with E-state index >= 15 is 0 Å². The summed E-state index contributed by atoms with van der Waals surface area (Å²) in [5.41, 5.74) is 3.48. The molecule has 4 heteroatoms. The van der Waals surface area contributed by atoms with Gasteiger partial charge in [-0.15, -0.1) is 0 Å². The first-order valence-electron chi connectivity index (χ1n) is 9.67. The van der Waals surface area contributed by atoms with Crippen LogP contribution < -0.4 is 5.32 Å². The molecule has 0 bridgehead atoms. The number of piperidine rings is 1. The number of likely N-dealkylation sites (tertiary alicyclic amines) is 1. The van der Waals surface area contributed by atoms with E-state index in [1.807, 2.05) is 24.8 Å². The Labute approximate surface area is 154 Å². The number of aryl methyl sites for hydroxylation is 2. The molecule has 0 radical (unpaired) electrons. The minimum Gasteiger partial charge on any atom is -0.349 e. The molecule has 0 aromatic heterocycles. The summed E-state index contributed by atoms with van der Waals surface area (Å²) in [5, 5.41) is 5.55. The van der Waals surface area contributed by atoms with Crippen molar-refractivity contribution in [2.24, 2.45) is 5.92 Å². The van der Waals surface area contributed by atoms with Crippen LogP contribution in [0.3, 0.4) is 0 Å². The minimum atomic E-state index is 0.00855. The number of rotatable bonds is 3. The standard InChI is InChI=1S/C22H26N2O2/c1-14(2)22(26)24-12-10-17(11-13-24)23-21(25)19-9-8-16-7-6-15-4-3-5-18(19)20(15)16/h3-5,8-9,14,17H,6-7,10-13H2,1-2H3,(H,23,25). The maximum absolute atomic E-state index is 12.9. The smallest absolute Gasteiger partial charge is 0.252 e. The third-order valence-electron chi connectivity index (χ3n) is 5.76. The Bertz CT molecular complexity index is 854. The largest absolute Gasteiger partial charge is 0.349 e. The molecule has 0 unspecified atom stereocenters. The highest BCUT2D eigenvalue weighted by Gasteiger charge is 2.26. The maximum atomic E-state index is 12.9. The predicted molar refractivity (Wildman–Crippen MR) is 103 cm³/mol. The molecule has 2 aromatic rings. The van der Waals surface area contributed by atoms with Gasteiger partial charge in [0.15, 0.2) is 0 Å². The van der Waals surface area contributed by atoms with Crippen molar-refractivity contribution in [3.8, 4) is 0 Å². The van der Waals surface area contributed by atoms with Crippen LogP contribution in [-0.2, 0) is 17.6 Å². The number of benzene rings is 2. The van der Waals surface area contributed by atoms with Crippen molar-refractivity contribution in [3.05, 3.63) is 47.0 Å². The second kappa shape index (κ2) is 6.75. The summed E-state index contributed by atoms with van der Waals surface area (Å²) in [6.07, 6.45) is 3.79. The Morgan fingerprint density at radius 1 is 1.04 bits per heavy atom. The van der Waals surface area contributed by atoms with Crippen molar-refractivity contribution in [1.29, 1.82) is 0 Å². The summed E-state index contributed by atoms with van der Waals surface area (Å²) in [6.45, 7) is 5.33. The zero-order chi connectivity index (χ0) is 18.3. The van der Waals surface area contributed by atoms with Crippen LogP contribution in [0.1, 0.15) is 48.2 Å². The molecular formula is C22H26N2O2. The van der Waals surface area contributed by atoms with E-state index in [0.29, 0.717) is 0 Å². The molecule has 136 valence electrons. The first-order valence-corrected chi connectivity index (χ1v) is 9.67.